The Balaban J connectivity index is 2.48. The van der Waals surface area contributed by atoms with Crippen molar-refractivity contribution in [3.63, 3.8) is 0 Å². The Morgan fingerprint density at radius 2 is 2.19 bits per heavy atom. The van der Waals surface area contributed by atoms with E-state index in [2.05, 4.69) is 0 Å². The number of carbonyl (C=O) groups excluding carboxylic acids is 1. The predicted molar refractivity (Wildman–Crippen MR) is 65.7 cm³/mol. The van der Waals surface area contributed by atoms with E-state index in [1.54, 1.807) is 6.07 Å². The van der Waals surface area contributed by atoms with Crippen molar-refractivity contribution in [1.29, 1.82) is 0 Å². The van der Waals surface area contributed by atoms with E-state index in [1.807, 2.05) is 13.8 Å². The van der Waals surface area contributed by atoms with Crippen LogP contribution in [0.4, 0.5) is 4.39 Å². The zero-order valence-electron chi connectivity index (χ0n) is 9.09. The molecule has 1 aromatic rings. The van der Waals surface area contributed by atoms with E-state index in [9.17, 15) is 9.18 Å². The number of Topliss-reactive ketones (excluding diaryl/α,β-unsaturated/α-hetero) is 1. The zero-order chi connectivity index (χ0) is 11.9. The number of hydrogen-bond acceptors (Lipinski definition) is 2. The van der Waals surface area contributed by atoms with Gasteiger partial charge < -0.3 is 0 Å². The van der Waals surface area contributed by atoms with E-state index in [1.165, 1.54) is 17.8 Å². The molecule has 1 nitrogen and oxygen atoms in total. The first-order valence-corrected chi connectivity index (χ1v) is 6.57. The highest BCUT2D eigenvalue weighted by molar-refractivity contribution is 8.00. The summed E-state index contributed by atoms with van der Waals surface area (Å²) in [6.45, 7) is 4.00. The van der Waals surface area contributed by atoms with Gasteiger partial charge in [-0.2, -0.15) is 0 Å². The van der Waals surface area contributed by atoms with Gasteiger partial charge in [0, 0.05) is 21.9 Å². The van der Waals surface area contributed by atoms with Crippen LogP contribution in [-0.4, -0.2) is 11.0 Å². The second-order valence-corrected chi connectivity index (χ2v) is 5.82. The van der Waals surface area contributed by atoms with Gasteiger partial charge in [0.25, 0.3) is 0 Å². The molecule has 1 heterocycles. The summed E-state index contributed by atoms with van der Waals surface area (Å²) in [7, 11) is 0. The molecular formula is C12H12ClFOS. The molecule has 1 atom stereocenters. The Hall–Kier alpha value is -0.540. The van der Waals surface area contributed by atoms with Gasteiger partial charge >= 0.3 is 0 Å². The van der Waals surface area contributed by atoms with E-state index < -0.39 is 0 Å². The first-order chi connectivity index (χ1) is 7.50. The summed E-state index contributed by atoms with van der Waals surface area (Å²) in [4.78, 5) is 12.1. The molecule has 0 N–H and O–H groups in total. The monoisotopic (exact) mass is 258 g/mol. The fraction of sp³-hybridized carbons (Fsp3) is 0.417. The van der Waals surface area contributed by atoms with Gasteiger partial charge in [-0.3, -0.25) is 4.79 Å². The molecule has 0 radical (unpaired) electrons. The van der Waals surface area contributed by atoms with Crippen LogP contribution in [0.5, 0.6) is 0 Å². The summed E-state index contributed by atoms with van der Waals surface area (Å²) in [5.74, 6) is 0.438. The van der Waals surface area contributed by atoms with E-state index in [-0.39, 0.29) is 22.8 Å². The summed E-state index contributed by atoms with van der Waals surface area (Å²) >= 11 is 7.28. The summed E-state index contributed by atoms with van der Waals surface area (Å²) in [6, 6.07) is 2.85. The number of hydrogen-bond donors (Lipinski definition) is 0. The van der Waals surface area contributed by atoms with Crippen molar-refractivity contribution in [2.75, 3.05) is 0 Å². The summed E-state index contributed by atoms with van der Waals surface area (Å²) in [5.41, 5.74) is 0.957. The Kier molecular flexibility index (Phi) is 3.27. The summed E-state index contributed by atoms with van der Waals surface area (Å²) in [5, 5.41) is 0.212. The molecule has 0 fully saturated rings. The van der Waals surface area contributed by atoms with Crippen LogP contribution in [0.2, 0.25) is 5.02 Å². The van der Waals surface area contributed by atoms with E-state index >= 15 is 0 Å². The number of carbonyl (C=O) groups is 1. The van der Waals surface area contributed by atoms with Crippen molar-refractivity contribution < 1.29 is 9.18 Å². The van der Waals surface area contributed by atoms with Crippen LogP contribution in [0, 0.1) is 11.7 Å². The average Bonchev–Trinajstić information content (AvgIpc) is 2.19. The van der Waals surface area contributed by atoms with Crippen molar-refractivity contribution in [2.45, 2.75) is 24.9 Å². The Labute approximate surface area is 103 Å². The number of benzene rings is 1. The van der Waals surface area contributed by atoms with Crippen molar-refractivity contribution in [2.24, 2.45) is 5.92 Å². The highest BCUT2D eigenvalue weighted by Crippen LogP contribution is 2.36. The molecule has 1 aliphatic heterocycles. The highest BCUT2D eigenvalue weighted by Gasteiger charge is 2.31. The molecule has 0 amide bonds. The largest absolute Gasteiger partial charge is 0.293 e. The Morgan fingerprint density at radius 3 is 2.81 bits per heavy atom. The third-order valence-corrected chi connectivity index (χ3v) is 4.49. The first-order valence-electron chi connectivity index (χ1n) is 5.14. The van der Waals surface area contributed by atoms with E-state index in [4.69, 9.17) is 11.6 Å². The lowest BCUT2D eigenvalue weighted by atomic mass is 9.96. The minimum absolute atomic E-state index is 0.00245. The second kappa shape index (κ2) is 4.38. The van der Waals surface area contributed by atoms with Crippen molar-refractivity contribution in [3.05, 3.63) is 34.1 Å². The van der Waals surface area contributed by atoms with Gasteiger partial charge in [0.05, 0.1) is 5.25 Å². The SMILES string of the molecule is CC(C)C1SCc2c(F)cc(Cl)cc2C1=O. The van der Waals surface area contributed by atoms with Gasteiger partial charge in [-0.15, -0.1) is 11.8 Å². The quantitative estimate of drug-likeness (QED) is 0.759. The third kappa shape index (κ3) is 1.98. The van der Waals surface area contributed by atoms with Crippen LogP contribution < -0.4 is 0 Å². The molecule has 86 valence electrons. The number of halogens is 2. The number of thioether (sulfide) groups is 1. The smallest absolute Gasteiger partial charge is 0.176 e. The topological polar surface area (TPSA) is 17.1 Å². The van der Waals surface area contributed by atoms with Crippen LogP contribution >= 0.6 is 23.4 Å². The van der Waals surface area contributed by atoms with Gasteiger partial charge in [0.15, 0.2) is 5.78 Å². The molecule has 0 bridgehead atoms. The second-order valence-electron chi connectivity index (χ2n) is 4.25. The molecule has 1 aromatic carbocycles. The number of rotatable bonds is 1. The fourth-order valence-electron chi connectivity index (χ4n) is 1.87. The summed E-state index contributed by atoms with van der Waals surface area (Å²) in [6.07, 6.45) is 0. The van der Waals surface area contributed by atoms with Gasteiger partial charge in [0.2, 0.25) is 0 Å². The first kappa shape index (κ1) is 11.9. The van der Waals surface area contributed by atoms with E-state index in [0.29, 0.717) is 21.9 Å². The molecule has 0 aromatic heterocycles. The van der Waals surface area contributed by atoms with Crippen LogP contribution in [-0.2, 0) is 5.75 Å². The molecule has 0 saturated heterocycles. The van der Waals surface area contributed by atoms with Crippen LogP contribution in [0.25, 0.3) is 0 Å². The molecule has 4 heteroatoms. The highest BCUT2D eigenvalue weighted by atomic mass is 35.5. The number of ketones is 1. The van der Waals surface area contributed by atoms with Gasteiger partial charge in [-0.05, 0) is 18.1 Å². The van der Waals surface area contributed by atoms with Crippen molar-refractivity contribution in [1.82, 2.24) is 0 Å². The molecule has 16 heavy (non-hydrogen) atoms. The summed E-state index contributed by atoms with van der Waals surface area (Å²) < 4.78 is 13.6. The molecule has 2 rings (SSSR count). The molecule has 0 spiro atoms. The standard InChI is InChI=1S/C12H12ClFOS/c1-6(2)12-11(15)8-3-7(13)4-10(14)9(8)5-16-12/h3-4,6,12H,5H2,1-2H3. The maximum atomic E-state index is 13.6. The van der Waals surface area contributed by atoms with Gasteiger partial charge in [0.1, 0.15) is 5.82 Å². The zero-order valence-corrected chi connectivity index (χ0v) is 10.7. The van der Waals surface area contributed by atoms with Crippen molar-refractivity contribution in [3.8, 4) is 0 Å². The molecule has 1 aliphatic rings. The Bertz CT molecular complexity index is 445. The lowest BCUT2D eigenvalue weighted by Crippen LogP contribution is -2.28. The van der Waals surface area contributed by atoms with Crippen LogP contribution in [0.1, 0.15) is 29.8 Å². The van der Waals surface area contributed by atoms with Crippen molar-refractivity contribution >= 4 is 29.1 Å². The third-order valence-electron chi connectivity index (χ3n) is 2.70. The lowest BCUT2D eigenvalue weighted by Gasteiger charge is -2.26. The maximum Gasteiger partial charge on any atom is 0.176 e. The van der Waals surface area contributed by atoms with Crippen LogP contribution in [0.3, 0.4) is 0 Å². The van der Waals surface area contributed by atoms with Crippen LogP contribution in [0.15, 0.2) is 12.1 Å². The van der Waals surface area contributed by atoms with Gasteiger partial charge in [-0.1, -0.05) is 25.4 Å². The molecule has 0 saturated carbocycles. The Morgan fingerprint density at radius 1 is 1.50 bits per heavy atom. The fourth-order valence-corrected chi connectivity index (χ4v) is 3.38. The minimum atomic E-state index is -0.370. The molecule has 0 aliphatic carbocycles. The molecule has 1 unspecified atom stereocenters. The normalized spacial score (nSPS) is 20.1. The van der Waals surface area contributed by atoms with E-state index in [0.717, 1.165) is 0 Å². The average molecular weight is 259 g/mol. The predicted octanol–water partition coefficient (Wildman–Crippen LogP) is 3.93. The number of fused-ring (bicyclic) bond motifs is 1. The molecular weight excluding hydrogens is 247 g/mol. The van der Waals surface area contributed by atoms with Gasteiger partial charge in [-0.25, -0.2) is 4.39 Å². The maximum absolute atomic E-state index is 13.6. The minimum Gasteiger partial charge on any atom is -0.293 e. The lowest BCUT2D eigenvalue weighted by molar-refractivity contribution is 0.0972.